The first-order valence-electron chi connectivity index (χ1n) is 8.09. The second-order valence-electron chi connectivity index (χ2n) is 6.08. The van der Waals surface area contributed by atoms with Crippen molar-refractivity contribution in [2.75, 3.05) is 18.2 Å². The molecule has 1 amide bonds. The lowest BCUT2D eigenvalue weighted by Gasteiger charge is -2.14. The fourth-order valence-corrected chi connectivity index (χ4v) is 5.52. The van der Waals surface area contributed by atoms with E-state index >= 15 is 0 Å². The highest BCUT2D eigenvalue weighted by Gasteiger charge is 2.21. The predicted molar refractivity (Wildman–Crippen MR) is 94.2 cm³/mol. The predicted octanol–water partition coefficient (Wildman–Crippen LogP) is 2.26. The van der Waals surface area contributed by atoms with Gasteiger partial charge in [-0.2, -0.15) is 0 Å². The molecule has 0 bridgehead atoms. The minimum atomic E-state index is 0.0259. The van der Waals surface area contributed by atoms with Crippen LogP contribution in [0.5, 0.6) is 0 Å². The molecule has 122 valence electrons. The van der Waals surface area contributed by atoms with Crippen molar-refractivity contribution in [1.82, 2.24) is 14.5 Å². The van der Waals surface area contributed by atoms with E-state index in [1.165, 1.54) is 16.9 Å². The van der Waals surface area contributed by atoms with Gasteiger partial charge in [0.05, 0.1) is 17.6 Å². The second kappa shape index (κ2) is 6.28. The molecule has 1 saturated heterocycles. The summed E-state index contributed by atoms with van der Waals surface area (Å²) in [6.45, 7) is 1.25. The van der Waals surface area contributed by atoms with Gasteiger partial charge in [-0.25, -0.2) is 4.98 Å². The summed E-state index contributed by atoms with van der Waals surface area (Å²) in [4.78, 5) is 33.5. The van der Waals surface area contributed by atoms with Crippen LogP contribution in [0.3, 0.4) is 0 Å². The summed E-state index contributed by atoms with van der Waals surface area (Å²) >= 11 is 3.44. The fourth-order valence-electron chi connectivity index (χ4n) is 3.33. The van der Waals surface area contributed by atoms with E-state index in [2.05, 4.69) is 4.98 Å². The van der Waals surface area contributed by atoms with Gasteiger partial charge in [0.25, 0.3) is 5.56 Å². The van der Waals surface area contributed by atoms with Crippen molar-refractivity contribution in [3.8, 4) is 0 Å². The molecule has 2 aliphatic rings. The highest BCUT2D eigenvalue weighted by Crippen LogP contribution is 2.33. The van der Waals surface area contributed by atoms with Crippen LogP contribution >= 0.6 is 23.1 Å². The van der Waals surface area contributed by atoms with E-state index in [-0.39, 0.29) is 11.5 Å². The number of thiophene rings is 1. The molecule has 23 heavy (non-hydrogen) atoms. The number of rotatable bonds is 3. The van der Waals surface area contributed by atoms with Crippen molar-refractivity contribution in [2.45, 2.75) is 38.6 Å². The molecule has 0 atom stereocenters. The van der Waals surface area contributed by atoms with E-state index in [4.69, 9.17) is 0 Å². The maximum atomic E-state index is 12.8. The average Bonchev–Trinajstić information content (AvgIpc) is 3.21. The van der Waals surface area contributed by atoms with E-state index < -0.39 is 0 Å². The van der Waals surface area contributed by atoms with E-state index in [1.807, 2.05) is 4.90 Å². The van der Waals surface area contributed by atoms with Crippen LogP contribution in [-0.4, -0.2) is 38.5 Å². The van der Waals surface area contributed by atoms with Gasteiger partial charge in [0.15, 0.2) is 0 Å². The van der Waals surface area contributed by atoms with Gasteiger partial charge in [0.2, 0.25) is 5.91 Å². The summed E-state index contributed by atoms with van der Waals surface area (Å²) in [7, 11) is 0. The molecule has 1 aliphatic carbocycles. The molecule has 0 N–H and O–H groups in total. The minimum absolute atomic E-state index is 0.0259. The second-order valence-corrected chi connectivity index (χ2v) is 8.24. The molecular weight excluding hydrogens is 330 g/mol. The third-order valence-corrected chi connectivity index (χ3v) is 6.78. The molecule has 0 unspecified atom stereocenters. The molecule has 1 fully saturated rings. The average molecular weight is 349 g/mol. The van der Waals surface area contributed by atoms with E-state index in [0.717, 1.165) is 47.7 Å². The van der Waals surface area contributed by atoms with Gasteiger partial charge in [-0.3, -0.25) is 14.2 Å². The SMILES string of the molecule is O=C(CCn1cnc2sc3c(c2c1=O)CCCC3)N1CCSC1. The molecule has 4 rings (SSSR count). The van der Waals surface area contributed by atoms with Gasteiger partial charge in [-0.15, -0.1) is 23.1 Å². The molecule has 1 aliphatic heterocycles. The molecule has 2 aromatic rings. The number of thioether (sulfide) groups is 1. The van der Waals surface area contributed by atoms with Crippen LogP contribution in [-0.2, 0) is 24.2 Å². The molecule has 7 heteroatoms. The Hall–Kier alpha value is -1.34. The number of hydrogen-bond acceptors (Lipinski definition) is 5. The Bertz CT molecular complexity index is 805. The maximum Gasteiger partial charge on any atom is 0.262 e. The van der Waals surface area contributed by atoms with Crippen molar-refractivity contribution in [1.29, 1.82) is 0 Å². The van der Waals surface area contributed by atoms with Crippen LogP contribution in [0.1, 0.15) is 29.7 Å². The zero-order valence-corrected chi connectivity index (χ0v) is 14.5. The summed E-state index contributed by atoms with van der Waals surface area (Å²) in [5.41, 5.74) is 1.24. The topological polar surface area (TPSA) is 55.2 Å². The minimum Gasteiger partial charge on any atom is -0.333 e. The molecule has 2 aromatic heterocycles. The Kier molecular flexibility index (Phi) is 4.15. The Morgan fingerprint density at radius 3 is 3.00 bits per heavy atom. The van der Waals surface area contributed by atoms with E-state index in [1.54, 1.807) is 34.0 Å². The van der Waals surface area contributed by atoms with Crippen molar-refractivity contribution < 1.29 is 4.79 Å². The first kappa shape index (κ1) is 15.2. The fraction of sp³-hybridized carbons (Fsp3) is 0.562. The molecular formula is C16H19N3O2S2. The number of aryl methyl sites for hydroxylation is 3. The Morgan fingerprint density at radius 2 is 2.17 bits per heavy atom. The summed E-state index contributed by atoms with van der Waals surface area (Å²) in [6, 6.07) is 0. The normalized spacial score (nSPS) is 17.7. The van der Waals surface area contributed by atoms with E-state index in [0.29, 0.717) is 13.0 Å². The van der Waals surface area contributed by atoms with Crippen LogP contribution < -0.4 is 5.56 Å². The summed E-state index contributed by atoms with van der Waals surface area (Å²) in [6.07, 6.45) is 6.40. The van der Waals surface area contributed by atoms with Crippen molar-refractivity contribution >= 4 is 39.2 Å². The van der Waals surface area contributed by atoms with Gasteiger partial charge in [-0.05, 0) is 31.2 Å². The van der Waals surface area contributed by atoms with Gasteiger partial charge >= 0.3 is 0 Å². The standard InChI is InChI=1S/C16H19N3O2S2/c20-13(19-7-8-22-10-19)5-6-18-9-17-15-14(16(18)21)11-3-1-2-4-12(11)23-15/h9H,1-8,10H2. The molecule has 0 spiro atoms. The third-order valence-electron chi connectivity index (χ3n) is 4.61. The first-order valence-corrected chi connectivity index (χ1v) is 10.1. The Morgan fingerprint density at radius 1 is 1.30 bits per heavy atom. The Balaban J connectivity index is 1.59. The highest BCUT2D eigenvalue weighted by atomic mass is 32.2. The van der Waals surface area contributed by atoms with Crippen molar-refractivity contribution in [3.63, 3.8) is 0 Å². The number of fused-ring (bicyclic) bond motifs is 3. The van der Waals surface area contributed by atoms with Crippen LogP contribution in [0.25, 0.3) is 10.2 Å². The molecule has 0 aromatic carbocycles. The third kappa shape index (κ3) is 2.80. The van der Waals surface area contributed by atoms with Crippen LogP contribution in [0.15, 0.2) is 11.1 Å². The van der Waals surface area contributed by atoms with Gasteiger partial charge < -0.3 is 4.90 Å². The number of hydrogen-bond donors (Lipinski definition) is 0. The lowest BCUT2D eigenvalue weighted by atomic mass is 9.97. The van der Waals surface area contributed by atoms with Crippen LogP contribution in [0.2, 0.25) is 0 Å². The highest BCUT2D eigenvalue weighted by molar-refractivity contribution is 7.99. The van der Waals surface area contributed by atoms with Crippen LogP contribution in [0, 0.1) is 0 Å². The number of amides is 1. The van der Waals surface area contributed by atoms with E-state index in [9.17, 15) is 9.59 Å². The number of nitrogens with zero attached hydrogens (tertiary/aromatic N) is 3. The number of carbonyl (C=O) groups excluding carboxylic acids is 1. The lowest BCUT2D eigenvalue weighted by Crippen LogP contribution is -2.30. The molecule has 3 heterocycles. The van der Waals surface area contributed by atoms with Crippen molar-refractivity contribution in [2.24, 2.45) is 0 Å². The molecule has 5 nitrogen and oxygen atoms in total. The number of aromatic nitrogens is 2. The maximum absolute atomic E-state index is 12.8. The largest absolute Gasteiger partial charge is 0.333 e. The molecule has 0 saturated carbocycles. The number of carbonyl (C=O) groups is 1. The molecule has 0 radical (unpaired) electrons. The summed E-state index contributed by atoms with van der Waals surface area (Å²) < 4.78 is 1.62. The summed E-state index contributed by atoms with van der Waals surface area (Å²) in [5.74, 6) is 1.93. The Labute approximate surface area is 142 Å². The first-order chi connectivity index (χ1) is 11.2. The quantitative estimate of drug-likeness (QED) is 0.853. The monoisotopic (exact) mass is 349 g/mol. The van der Waals surface area contributed by atoms with Gasteiger partial charge in [-0.1, -0.05) is 0 Å². The van der Waals surface area contributed by atoms with Gasteiger partial charge in [0.1, 0.15) is 4.83 Å². The van der Waals surface area contributed by atoms with Gasteiger partial charge in [0, 0.05) is 30.1 Å². The van der Waals surface area contributed by atoms with Crippen LogP contribution in [0.4, 0.5) is 0 Å². The summed E-state index contributed by atoms with van der Waals surface area (Å²) in [5, 5.41) is 0.802. The van der Waals surface area contributed by atoms with Crippen molar-refractivity contribution in [3.05, 3.63) is 27.1 Å². The lowest BCUT2D eigenvalue weighted by molar-refractivity contribution is -0.129. The zero-order chi connectivity index (χ0) is 15.8. The zero-order valence-electron chi connectivity index (χ0n) is 12.9. The smallest absolute Gasteiger partial charge is 0.262 e.